The van der Waals surface area contributed by atoms with Crippen molar-refractivity contribution in [2.75, 3.05) is 20.3 Å². The Labute approximate surface area is 97.9 Å². The van der Waals surface area contributed by atoms with Gasteiger partial charge in [-0.25, -0.2) is 0 Å². The van der Waals surface area contributed by atoms with Crippen LogP contribution in [0.5, 0.6) is 0 Å². The summed E-state index contributed by atoms with van der Waals surface area (Å²) in [5.74, 6) is -0.805. The molecule has 0 heterocycles. The van der Waals surface area contributed by atoms with Crippen molar-refractivity contribution in [1.29, 1.82) is 0 Å². The Balaban J connectivity index is 4.43. The highest BCUT2D eigenvalue weighted by atomic mass is 16.5. The summed E-state index contributed by atoms with van der Waals surface area (Å²) < 4.78 is 9.95. The van der Waals surface area contributed by atoms with Crippen LogP contribution in [0.2, 0.25) is 0 Å². The second kappa shape index (κ2) is 8.53. The van der Waals surface area contributed by atoms with E-state index in [1.807, 2.05) is 13.8 Å². The molecule has 0 spiro atoms. The molecule has 0 aliphatic heterocycles. The summed E-state index contributed by atoms with van der Waals surface area (Å²) in [5, 5.41) is 10.1. The zero-order valence-electron chi connectivity index (χ0n) is 10.7. The van der Waals surface area contributed by atoms with Crippen molar-refractivity contribution in [3.63, 3.8) is 0 Å². The van der Waals surface area contributed by atoms with E-state index in [-0.39, 0.29) is 11.9 Å². The molecular weight excluding hydrogens is 208 g/mol. The van der Waals surface area contributed by atoms with E-state index in [0.717, 1.165) is 6.42 Å². The number of carbonyl (C=O) groups excluding carboxylic acids is 1. The van der Waals surface area contributed by atoms with Gasteiger partial charge in [0.1, 0.15) is 0 Å². The van der Waals surface area contributed by atoms with Crippen molar-refractivity contribution in [2.45, 2.75) is 39.7 Å². The minimum Gasteiger partial charge on any atom is -0.466 e. The number of hydrogen-bond acceptors (Lipinski definition) is 4. The zero-order valence-corrected chi connectivity index (χ0v) is 10.7. The summed E-state index contributed by atoms with van der Waals surface area (Å²) in [7, 11) is 1.59. The lowest BCUT2D eigenvalue weighted by atomic mass is 9.89. The molecular formula is C12H24O4. The lowest BCUT2D eigenvalue weighted by Gasteiger charge is -2.25. The van der Waals surface area contributed by atoms with Gasteiger partial charge >= 0.3 is 5.97 Å². The number of hydrogen-bond donors (Lipinski definition) is 1. The van der Waals surface area contributed by atoms with E-state index in [1.54, 1.807) is 14.0 Å². The molecule has 16 heavy (non-hydrogen) atoms. The van der Waals surface area contributed by atoms with Gasteiger partial charge < -0.3 is 14.6 Å². The molecule has 0 saturated heterocycles. The molecule has 0 bridgehead atoms. The number of aliphatic hydroxyl groups is 1. The summed E-state index contributed by atoms with van der Waals surface area (Å²) in [6.07, 6.45) is 0.799. The fourth-order valence-corrected chi connectivity index (χ4v) is 1.75. The van der Waals surface area contributed by atoms with Crippen LogP contribution in [0.25, 0.3) is 0 Å². The second-order valence-corrected chi connectivity index (χ2v) is 4.07. The number of rotatable bonds is 8. The average Bonchev–Trinajstić information content (AvgIpc) is 2.25. The quantitative estimate of drug-likeness (QED) is 0.646. The molecule has 0 radical (unpaired) electrons. The summed E-state index contributed by atoms with van der Waals surface area (Å²) in [5.41, 5.74) is 0. The van der Waals surface area contributed by atoms with E-state index in [1.165, 1.54) is 0 Å². The zero-order chi connectivity index (χ0) is 12.6. The predicted molar refractivity (Wildman–Crippen MR) is 62.1 cm³/mol. The highest BCUT2D eigenvalue weighted by Gasteiger charge is 2.31. The molecule has 0 aromatic rings. The standard InChI is InChI=1S/C12H24O4/c1-5-7-10(12(14)16-6-2)11(13)9(3)8-15-4/h9-11,13H,5-8H2,1-4H3. The van der Waals surface area contributed by atoms with E-state index in [0.29, 0.717) is 19.6 Å². The first-order valence-electron chi connectivity index (χ1n) is 5.92. The van der Waals surface area contributed by atoms with Gasteiger partial charge in [-0.2, -0.15) is 0 Å². The molecule has 3 unspecified atom stereocenters. The normalized spacial score (nSPS) is 16.6. The predicted octanol–water partition coefficient (Wildman–Crippen LogP) is 1.61. The minimum atomic E-state index is -0.695. The van der Waals surface area contributed by atoms with Gasteiger partial charge in [0.2, 0.25) is 0 Å². The highest BCUT2D eigenvalue weighted by molar-refractivity contribution is 5.73. The van der Waals surface area contributed by atoms with Crippen molar-refractivity contribution in [1.82, 2.24) is 0 Å². The van der Waals surface area contributed by atoms with Crippen molar-refractivity contribution in [3.8, 4) is 0 Å². The van der Waals surface area contributed by atoms with Crippen molar-refractivity contribution >= 4 is 5.97 Å². The van der Waals surface area contributed by atoms with E-state index in [2.05, 4.69) is 0 Å². The van der Waals surface area contributed by atoms with E-state index < -0.39 is 12.0 Å². The van der Waals surface area contributed by atoms with Gasteiger partial charge in [0, 0.05) is 13.0 Å². The smallest absolute Gasteiger partial charge is 0.311 e. The topological polar surface area (TPSA) is 55.8 Å². The molecule has 0 rings (SSSR count). The first-order valence-corrected chi connectivity index (χ1v) is 5.92. The van der Waals surface area contributed by atoms with Crippen LogP contribution in [0.15, 0.2) is 0 Å². The van der Waals surface area contributed by atoms with Crippen LogP contribution >= 0.6 is 0 Å². The van der Waals surface area contributed by atoms with Gasteiger partial charge in [0.05, 0.1) is 25.2 Å². The van der Waals surface area contributed by atoms with Crippen LogP contribution in [-0.4, -0.2) is 37.5 Å². The first-order chi connectivity index (χ1) is 7.58. The fourth-order valence-electron chi connectivity index (χ4n) is 1.75. The summed E-state index contributed by atoms with van der Waals surface area (Å²) in [6.45, 7) is 6.42. The third kappa shape index (κ3) is 4.94. The molecule has 0 amide bonds. The molecule has 0 aromatic carbocycles. The van der Waals surface area contributed by atoms with Crippen LogP contribution in [0.3, 0.4) is 0 Å². The van der Waals surface area contributed by atoms with Crippen molar-refractivity contribution in [3.05, 3.63) is 0 Å². The van der Waals surface area contributed by atoms with Crippen LogP contribution in [0.4, 0.5) is 0 Å². The summed E-state index contributed by atoms with van der Waals surface area (Å²) in [4.78, 5) is 11.7. The molecule has 1 N–H and O–H groups in total. The lowest BCUT2D eigenvalue weighted by molar-refractivity contribution is -0.154. The summed E-state index contributed by atoms with van der Waals surface area (Å²) in [6, 6.07) is 0. The molecule has 0 fully saturated rings. The Kier molecular flexibility index (Phi) is 8.21. The monoisotopic (exact) mass is 232 g/mol. The van der Waals surface area contributed by atoms with Gasteiger partial charge in [0.25, 0.3) is 0 Å². The van der Waals surface area contributed by atoms with Crippen LogP contribution in [-0.2, 0) is 14.3 Å². The first kappa shape index (κ1) is 15.4. The Morgan fingerprint density at radius 3 is 2.44 bits per heavy atom. The van der Waals surface area contributed by atoms with Crippen LogP contribution in [0.1, 0.15) is 33.6 Å². The molecule has 0 aliphatic carbocycles. The molecule has 4 heteroatoms. The summed E-state index contributed by atoms with van der Waals surface area (Å²) >= 11 is 0. The fraction of sp³-hybridized carbons (Fsp3) is 0.917. The number of methoxy groups -OCH3 is 1. The Morgan fingerprint density at radius 1 is 1.38 bits per heavy atom. The minimum absolute atomic E-state index is 0.0639. The molecule has 96 valence electrons. The number of esters is 1. The van der Waals surface area contributed by atoms with E-state index >= 15 is 0 Å². The van der Waals surface area contributed by atoms with Gasteiger partial charge in [-0.3, -0.25) is 4.79 Å². The largest absolute Gasteiger partial charge is 0.466 e. The molecule has 0 aliphatic rings. The average molecular weight is 232 g/mol. The van der Waals surface area contributed by atoms with Crippen molar-refractivity contribution in [2.24, 2.45) is 11.8 Å². The van der Waals surface area contributed by atoms with Gasteiger partial charge in [0.15, 0.2) is 0 Å². The number of ether oxygens (including phenoxy) is 2. The van der Waals surface area contributed by atoms with Gasteiger partial charge in [-0.15, -0.1) is 0 Å². The second-order valence-electron chi connectivity index (χ2n) is 4.07. The number of carbonyl (C=O) groups is 1. The van der Waals surface area contributed by atoms with Gasteiger partial charge in [-0.1, -0.05) is 20.3 Å². The van der Waals surface area contributed by atoms with E-state index in [4.69, 9.17) is 9.47 Å². The van der Waals surface area contributed by atoms with Gasteiger partial charge in [-0.05, 0) is 13.3 Å². The Morgan fingerprint density at radius 2 is 2.00 bits per heavy atom. The molecule has 3 atom stereocenters. The lowest BCUT2D eigenvalue weighted by Crippen LogP contribution is -2.36. The maximum Gasteiger partial charge on any atom is 0.311 e. The third-order valence-electron chi connectivity index (χ3n) is 2.61. The van der Waals surface area contributed by atoms with E-state index in [9.17, 15) is 9.90 Å². The Hall–Kier alpha value is -0.610. The maximum absolute atomic E-state index is 11.7. The molecule has 0 aromatic heterocycles. The van der Waals surface area contributed by atoms with Crippen molar-refractivity contribution < 1.29 is 19.4 Å². The highest BCUT2D eigenvalue weighted by Crippen LogP contribution is 2.20. The third-order valence-corrected chi connectivity index (χ3v) is 2.61. The maximum atomic E-state index is 11.7. The Bertz CT molecular complexity index is 193. The molecule has 0 saturated carbocycles. The van der Waals surface area contributed by atoms with Crippen LogP contribution < -0.4 is 0 Å². The van der Waals surface area contributed by atoms with Crippen LogP contribution in [0, 0.1) is 11.8 Å². The molecule has 4 nitrogen and oxygen atoms in total. The SMILES string of the molecule is CCCC(C(=O)OCC)C(O)C(C)COC. The number of aliphatic hydroxyl groups excluding tert-OH is 1.